The first-order valence-corrected chi connectivity index (χ1v) is 7.85. The van der Waals surface area contributed by atoms with Crippen LogP contribution in [0.1, 0.15) is 32.4 Å². The van der Waals surface area contributed by atoms with Crippen molar-refractivity contribution in [1.82, 2.24) is 10.0 Å². The molecule has 7 heteroatoms. The van der Waals surface area contributed by atoms with E-state index in [0.29, 0.717) is 0 Å². The Hall–Kier alpha value is -1.44. The Morgan fingerprint density at radius 1 is 1.20 bits per heavy atom. The molecule has 1 aromatic rings. The summed E-state index contributed by atoms with van der Waals surface area (Å²) < 4.78 is 26.2. The highest BCUT2D eigenvalue weighted by atomic mass is 32.2. The molecule has 0 saturated heterocycles. The van der Waals surface area contributed by atoms with Gasteiger partial charge in [-0.25, -0.2) is 13.1 Å². The fraction of sp³-hybridized carbons (Fsp3) is 0.462. The van der Waals surface area contributed by atoms with Crippen molar-refractivity contribution >= 4 is 15.9 Å². The first kappa shape index (κ1) is 16.6. The molecule has 0 aliphatic carbocycles. The molecule has 0 heterocycles. The van der Waals surface area contributed by atoms with Crippen molar-refractivity contribution in [3.05, 3.63) is 29.8 Å². The quantitative estimate of drug-likeness (QED) is 0.712. The lowest BCUT2D eigenvalue weighted by Gasteiger charge is -2.11. The summed E-state index contributed by atoms with van der Waals surface area (Å²) in [6.07, 6.45) is 0. The predicted molar refractivity (Wildman–Crippen MR) is 77.5 cm³/mol. The van der Waals surface area contributed by atoms with E-state index in [1.165, 1.54) is 12.1 Å². The maximum Gasteiger partial charge on any atom is 0.241 e. The van der Waals surface area contributed by atoms with Crippen LogP contribution in [0.15, 0.2) is 29.2 Å². The minimum Gasteiger partial charge on any atom is -0.353 e. The second kappa shape index (κ2) is 6.83. The van der Waals surface area contributed by atoms with E-state index in [1.54, 1.807) is 26.0 Å². The number of hydrogen-bond donors (Lipinski definition) is 3. The van der Waals surface area contributed by atoms with E-state index >= 15 is 0 Å². The molecule has 0 spiro atoms. The smallest absolute Gasteiger partial charge is 0.241 e. The van der Waals surface area contributed by atoms with E-state index in [-0.39, 0.29) is 29.4 Å². The minimum atomic E-state index is -3.69. The van der Waals surface area contributed by atoms with Gasteiger partial charge in [-0.05, 0) is 38.5 Å². The highest BCUT2D eigenvalue weighted by Crippen LogP contribution is 2.14. The lowest BCUT2D eigenvalue weighted by atomic mass is 10.1. The summed E-state index contributed by atoms with van der Waals surface area (Å²) in [5.74, 6) is -0.365. The molecule has 0 aliphatic rings. The summed E-state index contributed by atoms with van der Waals surface area (Å²) in [5.41, 5.74) is 6.55. The zero-order chi connectivity index (χ0) is 15.3. The van der Waals surface area contributed by atoms with Crippen molar-refractivity contribution in [2.75, 3.05) is 6.54 Å². The average Bonchev–Trinajstić information content (AvgIpc) is 2.36. The molecule has 0 radical (unpaired) electrons. The van der Waals surface area contributed by atoms with Crippen LogP contribution in [0.2, 0.25) is 0 Å². The van der Waals surface area contributed by atoms with Crippen molar-refractivity contribution in [2.45, 2.75) is 37.8 Å². The number of hydrogen-bond acceptors (Lipinski definition) is 4. The van der Waals surface area contributed by atoms with E-state index in [4.69, 9.17) is 5.73 Å². The van der Waals surface area contributed by atoms with Crippen molar-refractivity contribution in [2.24, 2.45) is 5.73 Å². The van der Waals surface area contributed by atoms with Crippen molar-refractivity contribution in [1.29, 1.82) is 0 Å². The monoisotopic (exact) mass is 299 g/mol. The highest BCUT2D eigenvalue weighted by Gasteiger charge is 2.15. The largest absolute Gasteiger partial charge is 0.353 e. The van der Waals surface area contributed by atoms with Crippen LogP contribution in [-0.4, -0.2) is 26.9 Å². The van der Waals surface area contributed by atoms with E-state index in [2.05, 4.69) is 10.0 Å². The van der Waals surface area contributed by atoms with Gasteiger partial charge in [0.05, 0.1) is 11.4 Å². The Balaban J connectivity index is 2.71. The third-order valence-corrected chi connectivity index (χ3v) is 4.01. The number of carbonyl (C=O) groups is 1. The molecule has 1 rings (SSSR count). The first-order chi connectivity index (χ1) is 9.22. The lowest BCUT2D eigenvalue weighted by Crippen LogP contribution is -2.39. The Morgan fingerprint density at radius 3 is 2.20 bits per heavy atom. The summed E-state index contributed by atoms with van der Waals surface area (Å²) in [7, 11) is -3.69. The Morgan fingerprint density at radius 2 is 1.75 bits per heavy atom. The van der Waals surface area contributed by atoms with Gasteiger partial charge in [-0.3, -0.25) is 4.79 Å². The van der Waals surface area contributed by atoms with Gasteiger partial charge < -0.3 is 11.1 Å². The molecule has 0 saturated carbocycles. The predicted octanol–water partition coefficient (Wildman–Crippen LogP) is 0.509. The van der Waals surface area contributed by atoms with Crippen LogP contribution in [-0.2, 0) is 14.8 Å². The molecule has 1 atom stereocenters. The molecule has 0 bridgehead atoms. The second-order valence-electron chi connectivity index (χ2n) is 4.90. The fourth-order valence-electron chi connectivity index (χ4n) is 1.57. The van der Waals surface area contributed by atoms with Crippen LogP contribution in [0.4, 0.5) is 0 Å². The molecular weight excluding hydrogens is 278 g/mol. The SMILES string of the molecule is CC(C)NC(=O)CNS(=O)(=O)c1ccc(C(C)N)cc1. The topological polar surface area (TPSA) is 101 Å². The number of benzene rings is 1. The highest BCUT2D eigenvalue weighted by molar-refractivity contribution is 7.89. The van der Waals surface area contributed by atoms with Crippen LogP contribution in [0.3, 0.4) is 0 Å². The van der Waals surface area contributed by atoms with Gasteiger partial charge in [0.1, 0.15) is 0 Å². The molecule has 1 amide bonds. The number of carbonyl (C=O) groups excluding carboxylic acids is 1. The minimum absolute atomic E-state index is 0.0303. The summed E-state index contributed by atoms with van der Waals surface area (Å²) in [5, 5.41) is 2.61. The first-order valence-electron chi connectivity index (χ1n) is 6.37. The van der Waals surface area contributed by atoms with Crippen LogP contribution in [0.5, 0.6) is 0 Å². The second-order valence-corrected chi connectivity index (χ2v) is 6.67. The van der Waals surface area contributed by atoms with Gasteiger partial charge in [0.15, 0.2) is 0 Å². The summed E-state index contributed by atoms with van der Waals surface area (Å²) in [6.45, 7) is 5.14. The van der Waals surface area contributed by atoms with Gasteiger partial charge in [0, 0.05) is 12.1 Å². The number of sulfonamides is 1. The molecule has 1 unspecified atom stereocenters. The number of rotatable bonds is 6. The lowest BCUT2D eigenvalue weighted by molar-refractivity contribution is -0.120. The van der Waals surface area contributed by atoms with Crippen molar-refractivity contribution in [3.63, 3.8) is 0 Å². The molecule has 6 nitrogen and oxygen atoms in total. The summed E-state index contributed by atoms with van der Waals surface area (Å²) in [6, 6.07) is 6.08. The maximum absolute atomic E-state index is 12.0. The molecule has 4 N–H and O–H groups in total. The van der Waals surface area contributed by atoms with E-state index in [1.807, 2.05) is 6.92 Å². The average molecular weight is 299 g/mol. The number of amides is 1. The van der Waals surface area contributed by atoms with Gasteiger partial charge in [0.2, 0.25) is 15.9 Å². The number of nitrogens with one attached hydrogen (secondary N) is 2. The fourth-order valence-corrected chi connectivity index (χ4v) is 2.55. The third-order valence-electron chi connectivity index (χ3n) is 2.59. The van der Waals surface area contributed by atoms with Crippen molar-refractivity contribution in [3.8, 4) is 0 Å². The standard InChI is InChI=1S/C13H21N3O3S/c1-9(2)16-13(17)8-15-20(18,19)12-6-4-11(5-7-12)10(3)14/h4-7,9-10,15H,8,14H2,1-3H3,(H,16,17). The van der Waals surface area contributed by atoms with Crippen LogP contribution >= 0.6 is 0 Å². The van der Waals surface area contributed by atoms with Gasteiger partial charge in [-0.2, -0.15) is 0 Å². The molecule has 0 aliphatic heterocycles. The Bertz CT molecular complexity index is 551. The Kier molecular flexibility index (Phi) is 5.67. The Labute approximate surface area is 119 Å². The van der Waals surface area contributed by atoms with Gasteiger partial charge >= 0.3 is 0 Å². The van der Waals surface area contributed by atoms with Crippen LogP contribution in [0.25, 0.3) is 0 Å². The third kappa shape index (κ3) is 4.92. The summed E-state index contributed by atoms with van der Waals surface area (Å²) in [4.78, 5) is 11.5. The zero-order valence-corrected chi connectivity index (χ0v) is 12.7. The van der Waals surface area contributed by atoms with Gasteiger partial charge in [-0.15, -0.1) is 0 Å². The normalized spacial score (nSPS) is 13.2. The van der Waals surface area contributed by atoms with Gasteiger partial charge in [0.25, 0.3) is 0 Å². The molecule has 0 fully saturated rings. The van der Waals surface area contributed by atoms with E-state index in [0.717, 1.165) is 5.56 Å². The van der Waals surface area contributed by atoms with Crippen LogP contribution < -0.4 is 15.8 Å². The van der Waals surface area contributed by atoms with Crippen molar-refractivity contribution < 1.29 is 13.2 Å². The van der Waals surface area contributed by atoms with Gasteiger partial charge in [-0.1, -0.05) is 12.1 Å². The number of nitrogens with two attached hydrogens (primary N) is 1. The molecule has 112 valence electrons. The van der Waals surface area contributed by atoms with E-state index in [9.17, 15) is 13.2 Å². The molecule has 1 aromatic carbocycles. The summed E-state index contributed by atoms with van der Waals surface area (Å²) >= 11 is 0. The molecular formula is C13H21N3O3S. The van der Waals surface area contributed by atoms with Crippen LogP contribution in [0, 0.1) is 0 Å². The van der Waals surface area contributed by atoms with E-state index < -0.39 is 10.0 Å². The molecule has 0 aromatic heterocycles. The zero-order valence-electron chi connectivity index (χ0n) is 11.9. The molecule has 20 heavy (non-hydrogen) atoms. The maximum atomic E-state index is 12.0.